The van der Waals surface area contributed by atoms with Gasteiger partial charge in [-0.2, -0.15) is 5.10 Å². The van der Waals surface area contributed by atoms with Crippen LogP contribution in [0.2, 0.25) is 15.1 Å². The molecule has 0 aliphatic carbocycles. The molecule has 222 valence electrons. The third-order valence-electron chi connectivity index (χ3n) is 7.29. The SMILES string of the molecule is COc1cc(-c2c(Cl)c(C3CCCN(C(O)/C=C/CN(C)C)C3)n3ncnc(N)c23)ccc1Oc1ccc(Cl)c(Cl)c1. The van der Waals surface area contributed by atoms with Crippen LogP contribution in [0.15, 0.2) is 54.9 Å². The Balaban J connectivity index is 1.51. The van der Waals surface area contributed by atoms with Crippen molar-refractivity contribution in [1.29, 1.82) is 0 Å². The van der Waals surface area contributed by atoms with Gasteiger partial charge in [0.15, 0.2) is 17.3 Å². The molecule has 2 aromatic carbocycles. The standard InChI is InChI=1S/C30H33Cl3N6O3/c1-37(2)12-5-7-25(40)38-13-4-6-19(16-38)28-27(33)26(29-30(34)35-17-36-39(28)29)18-8-11-23(24(14-18)41-3)42-20-9-10-21(31)22(32)15-20/h5,7-11,14-15,17,19,25,40H,4,6,12-13,16H2,1-3H3,(H2,34,35,36)/b7-5+. The molecule has 12 heteroatoms. The van der Waals surface area contributed by atoms with Crippen LogP contribution in [-0.4, -0.2) is 76.6 Å². The summed E-state index contributed by atoms with van der Waals surface area (Å²) in [6.07, 6.45) is 6.34. The van der Waals surface area contributed by atoms with Crippen LogP contribution in [0.4, 0.5) is 5.82 Å². The highest BCUT2D eigenvalue weighted by Gasteiger charge is 2.32. The van der Waals surface area contributed by atoms with E-state index < -0.39 is 6.23 Å². The van der Waals surface area contributed by atoms with E-state index in [9.17, 15) is 5.11 Å². The van der Waals surface area contributed by atoms with E-state index in [0.717, 1.165) is 37.2 Å². The van der Waals surface area contributed by atoms with E-state index in [4.69, 9.17) is 50.0 Å². The Morgan fingerprint density at radius 2 is 1.95 bits per heavy atom. The van der Waals surface area contributed by atoms with E-state index >= 15 is 0 Å². The maximum atomic E-state index is 10.9. The molecule has 2 atom stereocenters. The van der Waals surface area contributed by atoms with Gasteiger partial charge in [0.25, 0.3) is 0 Å². The van der Waals surface area contributed by atoms with Gasteiger partial charge in [0.1, 0.15) is 23.8 Å². The predicted molar refractivity (Wildman–Crippen MR) is 168 cm³/mol. The number of ether oxygens (including phenoxy) is 2. The number of nitrogen functional groups attached to an aromatic ring is 1. The molecule has 0 saturated carbocycles. The number of piperidine rings is 1. The van der Waals surface area contributed by atoms with E-state index in [1.807, 2.05) is 43.3 Å². The fraction of sp³-hybridized carbons (Fsp3) is 0.333. The number of methoxy groups -OCH3 is 1. The van der Waals surface area contributed by atoms with Gasteiger partial charge in [-0.25, -0.2) is 9.50 Å². The van der Waals surface area contributed by atoms with Gasteiger partial charge in [-0.15, -0.1) is 0 Å². The number of nitrogens with two attached hydrogens (primary N) is 1. The van der Waals surface area contributed by atoms with Crippen molar-refractivity contribution in [3.8, 4) is 28.4 Å². The number of hydrogen-bond donors (Lipinski definition) is 2. The second kappa shape index (κ2) is 13.1. The van der Waals surface area contributed by atoms with E-state index in [0.29, 0.717) is 55.8 Å². The van der Waals surface area contributed by atoms with Crippen molar-refractivity contribution in [2.24, 2.45) is 0 Å². The van der Waals surface area contributed by atoms with Crippen LogP contribution >= 0.6 is 34.8 Å². The van der Waals surface area contributed by atoms with Gasteiger partial charge in [0.2, 0.25) is 0 Å². The minimum Gasteiger partial charge on any atom is -0.493 e. The van der Waals surface area contributed by atoms with Crippen molar-refractivity contribution >= 4 is 46.1 Å². The average molecular weight is 632 g/mol. The minimum absolute atomic E-state index is 0.0119. The Bertz CT molecular complexity index is 1610. The normalized spacial score (nSPS) is 16.9. The number of likely N-dealkylation sites (tertiary alicyclic amines) is 1. The van der Waals surface area contributed by atoms with Crippen molar-refractivity contribution < 1.29 is 14.6 Å². The molecule has 3 N–H and O–H groups in total. The van der Waals surface area contributed by atoms with Crippen LogP contribution in [0.3, 0.4) is 0 Å². The predicted octanol–water partition coefficient (Wildman–Crippen LogP) is 6.36. The molecule has 42 heavy (non-hydrogen) atoms. The summed E-state index contributed by atoms with van der Waals surface area (Å²) in [4.78, 5) is 8.36. The number of fused-ring (bicyclic) bond motifs is 1. The van der Waals surface area contributed by atoms with Gasteiger partial charge < -0.3 is 25.2 Å². The molecule has 0 radical (unpaired) electrons. The van der Waals surface area contributed by atoms with Crippen molar-refractivity contribution in [3.05, 3.63) is 75.6 Å². The Hall–Kier alpha value is -3.05. The summed E-state index contributed by atoms with van der Waals surface area (Å²) in [5, 5.41) is 16.8. The number of likely N-dealkylation sites (N-methyl/N-ethyl adjacent to an activating group) is 1. The number of hydrogen-bond acceptors (Lipinski definition) is 8. The quantitative estimate of drug-likeness (QED) is 0.206. The topological polar surface area (TPSA) is 101 Å². The largest absolute Gasteiger partial charge is 0.493 e. The number of aliphatic hydroxyl groups is 1. The third kappa shape index (κ3) is 6.32. The zero-order valence-corrected chi connectivity index (χ0v) is 25.9. The Morgan fingerprint density at radius 3 is 2.69 bits per heavy atom. The van der Waals surface area contributed by atoms with Crippen LogP contribution in [0.5, 0.6) is 17.2 Å². The maximum Gasteiger partial charge on any atom is 0.169 e. The van der Waals surface area contributed by atoms with Crippen LogP contribution in [0, 0.1) is 0 Å². The molecule has 9 nitrogen and oxygen atoms in total. The van der Waals surface area contributed by atoms with E-state index in [1.165, 1.54) is 6.33 Å². The van der Waals surface area contributed by atoms with Crippen molar-refractivity contribution in [1.82, 2.24) is 24.4 Å². The molecule has 2 unspecified atom stereocenters. The maximum absolute atomic E-state index is 10.9. The summed E-state index contributed by atoms with van der Waals surface area (Å²) in [7, 11) is 5.55. The number of aromatic nitrogens is 3. The summed E-state index contributed by atoms with van der Waals surface area (Å²) < 4.78 is 13.5. The first-order chi connectivity index (χ1) is 20.2. The molecule has 3 heterocycles. The van der Waals surface area contributed by atoms with Gasteiger partial charge in [-0.05, 0) is 62.8 Å². The average Bonchev–Trinajstić information content (AvgIpc) is 3.28. The van der Waals surface area contributed by atoms with Crippen LogP contribution in [-0.2, 0) is 0 Å². The van der Waals surface area contributed by atoms with Crippen molar-refractivity contribution in [2.45, 2.75) is 25.0 Å². The van der Waals surface area contributed by atoms with Crippen molar-refractivity contribution in [3.63, 3.8) is 0 Å². The molecular formula is C30H33Cl3N6O3. The lowest BCUT2D eigenvalue weighted by Gasteiger charge is -2.34. The van der Waals surface area contributed by atoms with Crippen LogP contribution in [0.1, 0.15) is 24.5 Å². The lowest BCUT2D eigenvalue weighted by molar-refractivity contribution is 0.0212. The molecule has 0 amide bonds. The number of aliphatic hydroxyl groups excluding tert-OH is 1. The summed E-state index contributed by atoms with van der Waals surface area (Å²) >= 11 is 19.4. The summed E-state index contributed by atoms with van der Waals surface area (Å²) in [6, 6.07) is 10.6. The Morgan fingerprint density at radius 1 is 1.14 bits per heavy atom. The lowest BCUT2D eigenvalue weighted by atomic mass is 9.93. The van der Waals surface area contributed by atoms with E-state index in [2.05, 4.69) is 15.0 Å². The highest BCUT2D eigenvalue weighted by Crippen LogP contribution is 2.45. The molecule has 2 aromatic heterocycles. The molecule has 1 aliphatic heterocycles. The molecule has 1 saturated heterocycles. The highest BCUT2D eigenvalue weighted by molar-refractivity contribution is 6.42. The van der Waals surface area contributed by atoms with Gasteiger partial charge in [0, 0.05) is 37.2 Å². The van der Waals surface area contributed by atoms with Crippen LogP contribution < -0.4 is 15.2 Å². The Labute approximate surface area is 260 Å². The minimum atomic E-state index is -0.691. The monoisotopic (exact) mass is 630 g/mol. The summed E-state index contributed by atoms with van der Waals surface area (Å²) in [6.45, 7) is 2.15. The summed E-state index contributed by atoms with van der Waals surface area (Å²) in [5.41, 5.74) is 9.33. The molecule has 4 aromatic rings. The molecule has 1 fully saturated rings. The fourth-order valence-electron chi connectivity index (χ4n) is 5.28. The smallest absolute Gasteiger partial charge is 0.169 e. The molecular weight excluding hydrogens is 599 g/mol. The van der Waals surface area contributed by atoms with Gasteiger partial charge in [-0.1, -0.05) is 46.9 Å². The van der Waals surface area contributed by atoms with Crippen LogP contribution in [0.25, 0.3) is 16.6 Å². The lowest BCUT2D eigenvalue weighted by Crippen LogP contribution is -2.41. The molecule has 1 aliphatic rings. The van der Waals surface area contributed by atoms with E-state index in [1.54, 1.807) is 35.9 Å². The summed E-state index contributed by atoms with van der Waals surface area (Å²) in [5.74, 6) is 1.81. The first-order valence-electron chi connectivity index (χ1n) is 13.5. The first-order valence-corrected chi connectivity index (χ1v) is 14.7. The molecule has 5 rings (SSSR count). The van der Waals surface area contributed by atoms with E-state index in [-0.39, 0.29) is 5.92 Å². The number of anilines is 1. The van der Waals surface area contributed by atoms with Crippen molar-refractivity contribution in [2.75, 3.05) is 46.6 Å². The zero-order valence-electron chi connectivity index (χ0n) is 23.6. The zero-order chi connectivity index (χ0) is 30.0. The number of halogens is 3. The fourth-order valence-corrected chi connectivity index (χ4v) is 6.01. The number of rotatable bonds is 9. The van der Waals surface area contributed by atoms with Gasteiger partial charge in [-0.3, -0.25) is 4.90 Å². The van der Waals surface area contributed by atoms with Gasteiger partial charge in [0.05, 0.1) is 27.9 Å². The molecule has 0 bridgehead atoms. The Kier molecular flexibility index (Phi) is 9.47. The first kappa shape index (κ1) is 30.4. The molecule has 0 spiro atoms. The van der Waals surface area contributed by atoms with Gasteiger partial charge >= 0.3 is 0 Å². The highest BCUT2D eigenvalue weighted by atomic mass is 35.5. The third-order valence-corrected chi connectivity index (χ3v) is 8.41. The number of benzene rings is 2. The second-order valence-corrected chi connectivity index (χ2v) is 11.7. The number of nitrogens with zero attached hydrogens (tertiary/aromatic N) is 5. The second-order valence-electron chi connectivity index (χ2n) is 10.5.